The zero-order valence-corrected chi connectivity index (χ0v) is 11.8. The van der Waals surface area contributed by atoms with Crippen molar-refractivity contribution in [2.75, 3.05) is 13.1 Å². The first-order chi connectivity index (χ1) is 9.25. The molecular formula is C15H18ClN3. The second-order valence-corrected chi connectivity index (χ2v) is 5.58. The predicted octanol–water partition coefficient (Wildman–Crippen LogP) is 2.93. The van der Waals surface area contributed by atoms with Crippen LogP contribution in [0.5, 0.6) is 0 Å². The van der Waals surface area contributed by atoms with Crippen LogP contribution in [0.25, 0.3) is 0 Å². The fraction of sp³-hybridized carbons (Fsp3) is 0.400. The molecule has 2 unspecified atom stereocenters. The molecule has 100 valence electrons. The van der Waals surface area contributed by atoms with Crippen molar-refractivity contribution in [1.29, 1.82) is 0 Å². The maximum atomic E-state index is 6.37. The van der Waals surface area contributed by atoms with Gasteiger partial charge in [0.15, 0.2) is 0 Å². The van der Waals surface area contributed by atoms with Gasteiger partial charge in [0, 0.05) is 30.7 Å². The van der Waals surface area contributed by atoms with Crippen molar-refractivity contribution in [1.82, 2.24) is 15.1 Å². The highest BCUT2D eigenvalue weighted by Gasteiger charge is 2.29. The molecule has 1 aromatic carbocycles. The van der Waals surface area contributed by atoms with E-state index in [0.29, 0.717) is 11.8 Å². The van der Waals surface area contributed by atoms with Crippen LogP contribution in [-0.4, -0.2) is 22.9 Å². The van der Waals surface area contributed by atoms with Crippen molar-refractivity contribution in [3.05, 3.63) is 52.8 Å². The van der Waals surface area contributed by atoms with Crippen molar-refractivity contribution in [3.63, 3.8) is 0 Å². The second kappa shape index (κ2) is 5.35. The van der Waals surface area contributed by atoms with Crippen molar-refractivity contribution in [3.8, 4) is 0 Å². The minimum absolute atomic E-state index is 0.423. The van der Waals surface area contributed by atoms with E-state index in [-0.39, 0.29) is 0 Å². The lowest BCUT2D eigenvalue weighted by Crippen LogP contribution is -2.34. The van der Waals surface area contributed by atoms with E-state index in [9.17, 15) is 0 Å². The van der Waals surface area contributed by atoms with E-state index in [2.05, 4.69) is 28.7 Å². The second-order valence-electron chi connectivity index (χ2n) is 5.17. The molecule has 0 bridgehead atoms. The maximum Gasteiger partial charge on any atom is 0.0524 e. The molecule has 19 heavy (non-hydrogen) atoms. The molecule has 3 rings (SSSR count). The number of hydrogen-bond acceptors (Lipinski definition) is 2. The molecular weight excluding hydrogens is 258 g/mol. The number of benzene rings is 1. The third-order valence-electron chi connectivity index (χ3n) is 3.94. The molecule has 1 saturated heterocycles. The Balaban J connectivity index is 1.96. The van der Waals surface area contributed by atoms with E-state index in [1.54, 1.807) is 0 Å². The molecule has 0 saturated carbocycles. The zero-order valence-electron chi connectivity index (χ0n) is 11.0. The average Bonchev–Trinajstić information content (AvgIpc) is 2.86. The van der Waals surface area contributed by atoms with Gasteiger partial charge in [-0.3, -0.25) is 4.68 Å². The van der Waals surface area contributed by atoms with Gasteiger partial charge in [-0.25, -0.2) is 0 Å². The summed E-state index contributed by atoms with van der Waals surface area (Å²) in [6.07, 6.45) is 5.24. The van der Waals surface area contributed by atoms with Crippen LogP contribution in [0.3, 0.4) is 0 Å². The predicted molar refractivity (Wildman–Crippen MR) is 77.6 cm³/mol. The average molecular weight is 276 g/mol. The Morgan fingerprint density at radius 2 is 2.16 bits per heavy atom. The summed E-state index contributed by atoms with van der Waals surface area (Å²) in [6, 6.07) is 8.17. The number of aromatic nitrogens is 2. The monoisotopic (exact) mass is 275 g/mol. The first-order valence-electron chi connectivity index (χ1n) is 6.69. The molecule has 0 amide bonds. The first kappa shape index (κ1) is 12.7. The molecule has 2 aromatic rings. The van der Waals surface area contributed by atoms with E-state index in [0.717, 1.165) is 24.5 Å². The molecule has 2 atom stereocenters. The minimum atomic E-state index is 0.423. The van der Waals surface area contributed by atoms with Crippen LogP contribution in [-0.2, 0) is 7.05 Å². The molecule has 1 aliphatic rings. The molecule has 0 aliphatic carbocycles. The van der Waals surface area contributed by atoms with Gasteiger partial charge in [-0.15, -0.1) is 0 Å². The Kier molecular flexibility index (Phi) is 3.58. The van der Waals surface area contributed by atoms with Crippen molar-refractivity contribution < 1.29 is 0 Å². The SMILES string of the molecule is Cn1cc(C2CCNCC2c2ccccc2Cl)cn1. The van der Waals surface area contributed by atoms with Gasteiger partial charge in [0.2, 0.25) is 0 Å². The van der Waals surface area contributed by atoms with Crippen LogP contribution < -0.4 is 5.32 Å². The summed E-state index contributed by atoms with van der Waals surface area (Å²) in [5, 5.41) is 8.65. The fourth-order valence-electron chi connectivity index (χ4n) is 2.99. The number of hydrogen-bond donors (Lipinski definition) is 1. The summed E-state index contributed by atoms with van der Waals surface area (Å²) >= 11 is 6.37. The standard InChI is InChI=1S/C15H18ClN3/c1-19-10-11(8-18-19)12-6-7-17-9-14(12)13-4-2-3-5-15(13)16/h2-5,8,10,12,14,17H,6-7,9H2,1H3. The molecule has 4 heteroatoms. The summed E-state index contributed by atoms with van der Waals surface area (Å²) in [6.45, 7) is 2.03. The number of rotatable bonds is 2. The van der Waals surface area contributed by atoms with Crippen molar-refractivity contribution in [2.24, 2.45) is 7.05 Å². The van der Waals surface area contributed by atoms with Gasteiger partial charge < -0.3 is 5.32 Å². The topological polar surface area (TPSA) is 29.9 Å². The van der Waals surface area contributed by atoms with Crippen LogP contribution in [0.2, 0.25) is 5.02 Å². The summed E-state index contributed by atoms with van der Waals surface area (Å²) < 4.78 is 1.88. The van der Waals surface area contributed by atoms with E-state index in [1.165, 1.54) is 11.1 Å². The Labute approximate surface area is 118 Å². The normalized spacial score (nSPS) is 23.5. The molecule has 2 heterocycles. The molecule has 0 spiro atoms. The molecule has 1 aliphatic heterocycles. The van der Waals surface area contributed by atoms with E-state index in [4.69, 9.17) is 11.6 Å². The van der Waals surface area contributed by atoms with Crippen LogP contribution in [0.4, 0.5) is 0 Å². The van der Waals surface area contributed by atoms with E-state index < -0.39 is 0 Å². The van der Waals surface area contributed by atoms with Crippen LogP contribution in [0.1, 0.15) is 29.4 Å². The van der Waals surface area contributed by atoms with Gasteiger partial charge in [-0.05, 0) is 36.1 Å². The molecule has 3 nitrogen and oxygen atoms in total. The fourth-order valence-corrected chi connectivity index (χ4v) is 3.27. The van der Waals surface area contributed by atoms with Gasteiger partial charge in [0.25, 0.3) is 0 Å². The van der Waals surface area contributed by atoms with Gasteiger partial charge >= 0.3 is 0 Å². The Hall–Kier alpha value is -1.32. The largest absolute Gasteiger partial charge is 0.316 e. The lowest BCUT2D eigenvalue weighted by atomic mass is 9.78. The highest BCUT2D eigenvalue weighted by Crippen LogP contribution is 2.39. The molecule has 0 radical (unpaired) electrons. The highest BCUT2D eigenvalue weighted by molar-refractivity contribution is 6.31. The quantitative estimate of drug-likeness (QED) is 0.913. The van der Waals surface area contributed by atoms with Gasteiger partial charge in [0.05, 0.1) is 6.20 Å². The van der Waals surface area contributed by atoms with Gasteiger partial charge in [-0.2, -0.15) is 5.10 Å². The van der Waals surface area contributed by atoms with Gasteiger partial charge in [-0.1, -0.05) is 29.8 Å². The molecule has 1 fully saturated rings. The highest BCUT2D eigenvalue weighted by atomic mass is 35.5. The van der Waals surface area contributed by atoms with Crippen LogP contribution >= 0.6 is 11.6 Å². The van der Waals surface area contributed by atoms with E-state index in [1.807, 2.05) is 30.1 Å². The summed E-state index contributed by atoms with van der Waals surface area (Å²) in [4.78, 5) is 0. The molecule has 1 N–H and O–H groups in total. The first-order valence-corrected chi connectivity index (χ1v) is 7.07. The minimum Gasteiger partial charge on any atom is -0.316 e. The van der Waals surface area contributed by atoms with Crippen molar-refractivity contribution >= 4 is 11.6 Å². The summed E-state index contributed by atoms with van der Waals surface area (Å²) in [7, 11) is 1.97. The number of aryl methyl sites for hydroxylation is 1. The van der Waals surface area contributed by atoms with Crippen LogP contribution in [0.15, 0.2) is 36.7 Å². The zero-order chi connectivity index (χ0) is 13.2. The lowest BCUT2D eigenvalue weighted by molar-refractivity contribution is 0.404. The Morgan fingerprint density at radius 3 is 2.89 bits per heavy atom. The number of nitrogens with one attached hydrogen (secondary N) is 1. The third kappa shape index (κ3) is 2.53. The number of halogens is 1. The Morgan fingerprint density at radius 1 is 1.32 bits per heavy atom. The Bertz CT molecular complexity index is 564. The third-order valence-corrected chi connectivity index (χ3v) is 4.28. The molecule has 1 aromatic heterocycles. The van der Waals surface area contributed by atoms with Crippen molar-refractivity contribution in [2.45, 2.75) is 18.3 Å². The van der Waals surface area contributed by atoms with Gasteiger partial charge in [0.1, 0.15) is 0 Å². The summed E-state index contributed by atoms with van der Waals surface area (Å²) in [5.41, 5.74) is 2.55. The van der Waals surface area contributed by atoms with Crippen LogP contribution in [0, 0.1) is 0 Å². The number of piperidine rings is 1. The summed E-state index contributed by atoms with van der Waals surface area (Å²) in [5.74, 6) is 0.918. The number of nitrogens with zero attached hydrogens (tertiary/aromatic N) is 2. The van der Waals surface area contributed by atoms with E-state index >= 15 is 0 Å². The smallest absolute Gasteiger partial charge is 0.0524 e. The lowest BCUT2D eigenvalue weighted by Gasteiger charge is -2.32. The maximum absolute atomic E-state index is 6.37.